The van der Waals surface area contributed by atoms with Gasteiger partial charge in [-0.2, -0.15) is 0 Å². The first-order valence-corrected chi connectivity index (χ1v) is 8.18. The topological polar surface area (TPSA) is 46.0 Å². The maximum absolute atomic E-state index is 4.86. The van der Waals surface area contributed by atoms with Crippen LogP contribution in [0, 0.1) is 0 Å². The molecule has 0 unspecified atom stereocenters. The summed E-state index contributed by atoms with van der Waals surface area (Å²) in [6.07, 6.45) is 0.795. The molecule has 1 aliphatic rings. The van der Waals surface area contributed by atoms with Gasteiger partial charge in [-0.05, 0) is 37.9 Å². The number of para-hydroxylation sites is 2. The van der Waals surface area contributed by atoms with Crippen molar-refractivity contribution in [2.75, 3.05) is 32.5 Å². The molecule has 3 heterocycles. The second kappa shape index (κ2) is 5.76. The molecule has 0 saturated heterocycles. The number of aromatic nitrogens is 3. The highest BCUT2D eigenvalue weighted by Gasteiger charge is 2.23. The van der Waals surface area contributed by atoms with Crippen LogP contribution in [-0.2, 0) is 6.42 Å². The van der Waals surface area contributed by atoms with Gasteiger partial charge in [0.2, 0.25) is 0 Å². The van der Waals surface area contributed by atoms with E-state index in [0.717, 1.165) is 53.6 Å². The number of imidazole rings is 1. The van der Waals surface area contributed by atoms with Gasteiger partial charge in [0.05, 0.1) is 11.0 Å². The molecule has 0 saturated carbocycles. The Morgan fingerprint density at radius 2 is 2.00 bits per heavy atom. The third kappa shape index (κ3) is 2.47. The molecule has 5 nitrogen and oxygen atoms in total. The summed E-state index contributed by atoms with van der Waals surface area (Å²) in [6.45, 7) is 6.04. The van der Waals surface area contributed by atoms with Crippen LogP contribution < -0.4 is 5.32 Å². The highest BCUT2D eigenvalue weighted by molar-refractivity contribution is 5.84. The Bertz CT molecular complexity index is 923. The van der Waals surface area contributed by atoms with Crippen LogP contribution in [0.3, 0.4) is 0 Å². The summed E-state index contributed by atoms with van der Waals surface area (Å²) in [5.41, 5.74) is 4.28. The second-order valence-electron chi connectivity index (χ2n) is 6.45. The molecular weight excluding hydrogens is 298 g/mol. The number of benzene rings is 1. The Kier molecular flexibility index (Phi) is 3.58. The maximum atomic E-state index is 4.86. The lowest BCUT2D eigenvalue weighted by molar-refractivity contribution is 0.425. The molecule has 24 heavy (non-hydrogen) atoms. The van der Waals surface area contributed by atoms with Crippen LogP contribution in [0.4, 0.5) is 5.82 Å². The van der Waals surface area contributed by atoms with Crippen molar-refractivity contribution >= 4 is 22.4 Å². The van der Waals surface area contributed by atoms with Crippen molar-refractivity contribution in [3.63, 3.8) is 0 Å². The molecule has 0 fully saturated rings. The first kappa shape index (κ1) is 14.9. The molecule has 1 N–H and O–H groups in total. The van der Waals surface area contributed by atoms with Gasteiger partial charge < -0.3 is 10.2 Å². The minimum Gasteiger partial charge on any atom is -0.369 e. The number of hydrogen-bond donors (Lipinski definition) is 1. The highest BCUT2D eigenvalue weighted by atomic mass is 15.2. The number of anilines is 1. The first-order valence-electron chi connectivity index (χ1n) is 8.18. The lowest BCUT2D eigenvalue weighted by atomic mass is 10.0. The van der Waals surface area contributed by atoms with E-state index in [-0.39, 0.29) is 0 Å². The van der Waals surface area contributed by atoms with E-state index in [9.17, 15) is 0 Å². The van der Waals surface area contributed by atoms with Crippen molar-refractivity contribution in [1.29, 1.82) is 0 Å². The molecule has 0 spiro atoms. The average molecular weight is 319 g/mol. The first-order chi connectivity index (χ1) is 11.6. The van der Waals surface area contributed by atoms with Crippen LogP contribution in [0.25, 0.3) is 22.4 Å². The van der Waals surface area contributed by atoms with Crippen molar-refractivity contribution < 1.29 is 0 Å². The summed E-state index contributed by atoms with van der Waals surface area (Å²) in [7, 11) is 4.13. The molecule has 122 valence electrons. The molecule has 1 aliphatic heterocycles. The Labute approximate surface area is 141 Å². The largest absolute Gasteiger partial charge is 0.369 e. The smallest absolute Gasteiger partial charge is 0.144 e. The summed E-state index contributed by atoms with van der Waals surface area (Å²) in [6, 6.07) is 12.4. The Morgan fingerprint density at radius 1 is 1.17 bits per heavy atom. The predicted octanol–water partition coefficient (Wildman–Crippen LogP) is 2.96. The summed E-state index contributed by atoms with van der Waals surface area (Å²) in [5.74, 6) is 2.77. The minimum absolute atomic E-state index is 0.795. The standard InChI is InChI=1S/C19H21N5/c1-13-12-14-8-9-17(20-10-11-23(2)3)22-19(14)24-16-7-5-4-6-15(16)21-18(13)24/h4-9H,1,10-12H2,2-3H3,(H,20,22). The number of hydrogen-bond acceptors (Lipinski definition) is 4. The Hall–Kier alpha value is -2.66. The fourth-order valence-electron chi connectivity index (χ4n) is 3.10. The van der Waals surface area contributed by atoms with Crippen LogP contribution >= 0.6 is 0 Å². The molecule has 0 atom stereocenters. The average Bonchev–Trinajstić information content (AvgIpc) is 2.96. The van der Waals surface area contributed by atoms with Crippen LogP contribution in [-0.4, -0.2) is 46.6 Å². The fourth-order valence-corrected chi connectivity index (χ4v) is 3.10. The zero-order valence-electron chi connectivity index (χ0n) is 14.1. The molecule has 3 aromatic rings. The number of likely N-dealkylation sites (N-methyl/N-ethyl adjacent to an activating group) is 1. The number of allylic oxidation sites excluding steroid dienone is 1. The van der Waals surface area contributed by atoms with Crippen LogP contribution in [0.15, 0.2) is 43.0 Å². The molecular formula is C19H21N5. The van der Waals surface area contributed by atoms with E-state index >= 15 is 0 Å². The van der Waals surface area contributed by atoms with Gasteiger partial charge in [0.15, 0.2) is 0 Å². The number of rotatable bonds is 4. The van der Waals surface area contributed by atoms with Crippen molar-refractivity contribution in [2.45, 2.75) is 6.42 Å². The molecule has 5 heteroatoms. The molecule has 4 rings (SSSR count). The van der Waals surface area contributed by atoms with Gasteiger partial charge >= 0.3 is 0 Å². The third-order valence-electron chi connectivity index (χ3n) is 4.31. The van der Waals surface area contributed by atoms with Crippen LogP contribution in [0.2, 0.25) is 0 Å². The zero-order valence-corrected chi connectivity index (χ0v) is 14.1. The molecule has 2 aromatic heterocycles. The Balaban J connectivity index is 1.78. The number of nitrogens with zero attached hydrogens (tertiary/aromatic N) is 4. The van der Waals surface area contributed by atoms with E-state index in [4.69, 9.17) is 9.97 Å². The summed E-state index contributed by atoms with van der Waals surface area (Å²) >= 11 is 0. The minimum atomic E-state index is 0.795. The summed E-state index contributed by atoms with van der Waals surface area (Å²) in [4.78, 5) is 11.8. The zero-order chi connectivity index (χ0) is 16.7. The monoisotopic (exact) mass is 319 g/mol. The summed E-state index contributed by atoms with van der Waals surface area (Å²) < 4.78 is 2.13. The number of fused-ring (bicyclic) bond motifs is 5. The van der Waals surface area contributed by atoms with Gasteiger partial charge in [0.1, 0.15) is 17.5 Å². The lowest BCUT2D eigenvalue weighted by Gasteiger charge is -2.21. The lowest BCUT2D eigenvalue weighted by Crippen LogP contribution is -2.21. The van der Waals surface area contributed by atoms with Gasteiger partial charge in [-0.15, -0.1) is 0 Å². The van der Waals surface area contributed by atoms with E-state index < -0.39 is 0 Å². The number of nitrogens with one attached hydrogen (secondary N) is 1. The van der Waals surface area contributed by atoms with E-state index in [1.165, 1.54) is 5.56 Å². The van der Waals surface area contributed by atoms with E-state index in [1.54, 1.807) is 0 Å². The van der Waals surface area contributed by atoms with Gasteiger partial charge in [0.25, 0.3) is 0 Å². The van der Waals surface area contributed by atoms with Gasteiger partial charge in [-0.1, -0.05) is 24.8 Å². The van der Waals surface area contributed by atoms with E-state index in [2.05, 4.69) is 47.6 Å². The highest BCUT2D eigenvalue weighted by Crippen LogP contribution is 2.33. The molecule has 0 radical (unpaired) electrons. The van der Waals surface area contributed by atoms with Gasteiger partial charge in [0, 0.05) is 25.1 Å². The van der Waals surface area contributed by atoms with Crippen molar-refractivity contribution in [1.82, 2.24) is 19.4 Å². The van der Waals surface area contributed by atoms with Crippen molar-refractivity contribution in [3.8, 4) is 5.82 Å². The molecule has 0 bridgehead atoms. The van der Waals surface area contributed by atoms with Crippen LogP contribution in [0.1, 0.15) is 11.4 Å². The van der Waals surface area contributed by atoms with E-state index in [0.29, 0.717) is 0 Å². The fraction of sp³-hybridized carbons (Fsp3) is 0.263. The summed E-state index contributed by atoms with van der Waals surface area (Å²) in [5, 5.41) is 3.40. The normalized spacial score (nSPS) is 13.2. The quantitative estimate of drug-likeness (QED) is 0.803. The molecule has 0 aliphatic carbocycles. The number of pyridine rings is 1. The van der Waals surface area contributed by atoms with Crippen molar-refractivity contribution in [2.24, 2.45) is 0 Å². The van der Waals surface area contributed by atoms with Crippen molar-refractivity contribution in [3.05, 3.63) is 54.4 Å². The Morgan fingerprint density at radius 3 is 2.83 bits per heavy atom. The molecule has 0 amide bonds. The predicted molar refractivity (Wildman–Crippen MR) is 98.6 cm³/mol. The van der Waals surface area contributed by atoms with Gasteiger partial charge in [-0.25, -0.2) is 9.97 Å². The van der Waals surface area contributed by atoms with Crippen LogP contribution in [0.5, 0.6) is 0 Å². The van der Waals surface area contributed by atoms with Gasteiger partial charge in [-0.3, -0.25) is 4.57 Å². The third-order valence-corrected chi connectivity index (χ3v) is 4.31. The maximum Gasteiger partial charge on any atom is 0.144 e. The second-order valence-corrected chi connectivity index (χ2v) is 6.45. The molecule has 1 aromatic carbocycles. The SMILES string of the molecule is C=C1Cc2ccc(NCCN(C)C)nc2-n2c1nc1ccccc12. The van der Waals surface area contributed by atoms with E-state index in [1.807, 2.05) is 24.3 Å².